The average molecular weight is 114 g/mol. The molecule has 0 rings (SSSR count). The molecule has 1 N–H and O–H groups in total. The van der Waals surface area contributed by atoms with Crippen LogP contribution in [0.2, 0.25) is 0 Å². The van der Waals surface area contributed by atoms with Gasteiger partial charge in [0.2, 0.25) is 8.56 Å². The van der Waals surface area contributed by atoms with E-state index in [0.29, 0.717) is 0 Å². The van der Waals surface area contributed by atoms with Crippen LogP contribution in [-0.2, 0) is 0 Å². The molecule has 0 heterocycles. The van der Waals surface area contributed by atoms with Gasteiger partial charge in [0, 0.05) is 0 Å². The van der Waals surface area contributed by atoms with Crippen LogP contribution in [0.3, 0.4) is 0 Å². The molecule has 3 heteroatoms. The molecule has 0 fully saturated rings. The molecule has 6 heavy (non-hydrogen) atoms. The van der Waals surface area contributed by atoms with E-state index in [9.17, 15) is 0 Å². The van der Waals surface area contributed by atoms with Crippen molar-refractivity contribution in [3.05, 3.63) is 11.8 Å². The van der Waals surface area contributed by atoms with E-state index in [4.69, 9.17) is 4.80 Å². The number of allylic oxidation sites excluding steroid dienone is 1. The molecule has 0 aromatic heterocycles. The molecule has 0 spiro atoms. The third-order valence-electron chi connectivity index (χ3n) is 0.404. The molecule has 0 saturated heterocycles. The molecule has 0 amide bonds. The van der Waals surface area contributed by atoms with Crippen LogP contribution in [0.1, 0.15) is 6.92 Å². The maximum atomic E-state index is 8.55. The van der Waals surface area contributed by atoms with Gasteiger partial charge in [0.15, 0.2) is 0 Å². The Balaban J connectivity index is 3.26. The number of hydrogen-bond donors (Lipinski definition) is 1. The largest absolute Gasteiger partial charge is 0.431 e. The fraction of sp³-hybridized carbons (Fsp3) is 0.333. The summed E-state index contributed by atoms with van der Waals surface area (Å²) in [5.74, 6) is 0. The zero-order valence-electron chi connectivity index (χ0n) is 3.65. The van der Waals surface area contributed by atoms with E-state index in [0.717, 1.165) is 5.20 Å². The first-order chi connectivity index (χ1) is 2.64. The SMILES string of the molecule is C=C(C)[Si](O)[Si]. The Labute approximate surface area is 42.6 Å². The van der Waals surface area contributed by atoms with Crippen LogP contribution in [0.5, 0.6) is 0 Å². The third kappa shape index (κ3) is 2.38. The first kappa shape index (κ1) is 6.13. The fourth-order valence-electron chi connectivity index (χ4n) is 0. The summed E-state index contributed by atoms with van der Waals surface area (Å²) in [6.07, 6.45) is 0. The van der Waals surface area contributed by atoms with Gasteiger partial charge in [-0.25, -0.2) is 0 Å². The predicted molar refractivity (Wildman–Crippen MR) is 28.5 cm³/mol. The molecular formula is C3H6OSi2. The van der Waals surface area contributed by atoms with Crippen LogP contribution in [0.4, 0.5) is 0 Å². The monoisotopic (exact) mass is 114 g/mol. The van der Waals surface area contributed by atoms with Gasteiger partial charge in [-0.1, -0.05) is 5.20 Å². The van der Waals surface area contributed by atoms with Crippen LogP contribution in [0, 0.1) is 0 Å². The van der Waals surface area contributed by atoms with Crippen LogP contribution >= 0.6 is 0 Å². The zero-order valence-corrected chi connectivity index (χ0v) is 5.65. The maximum Gasteiger partial charge on any atom is 0.211 e. The van der Waals surface area contributed by atoms with Crippen molar-refractivity contribution in [1.82, 2.24) is 0 Å². The highest BCUT2D eigenvalue weighted by molar-refractivity contribution is 7.02. The third-order valence-corrected chi connectivity index (χ3v) is 2.49. The van der Waals surface area contributed by atoms with E-state index < -0.39 is 8.56 Å². The fourth-order valence-corrected chi connectivity index (χ4v) is 0. The Bertz CT molecular complexity index is 59.8. The minimum Gasteiger partial charge on any atom is -0.431 e. The minimum absolute atomic E-state index is 0.830. The van der Waals surface area contributed by atoms with Crippen molar-refractivity contribution in [2.45, 2.75) is 6.92 Å². The maximum absolute atomic E-state index is 8.55. The smallest absolute Gasteiger partial charge is 0.211 e. The van der Waals surface area contributed by atoms with Gasteiger partial charge in [-0.2, -0.15) is 0 Å². The summed E-state index contributed by atoms with van der Waals surface area (Å²) in [5, 5.41) is 0.830. The van der Waals surface area contributed by atoms with E-state index >= 15 is 0 Å². The highest BCUT2D eigenvalue weighted by atomic mass is 29.2. The molecule has 0 aromatic carbocycles. The van der Waals surface area contributed by atoms with Crippen molar-refractivity contribution >= 4 is 18.3 Å². The van der Waals surface area contributed by atoms with Crippen molar-refractivity contribution in [3.8, 4) is 0 Å². The summed E-state index contributed by atoms with van der Waals surface area (Å²) in [6.45, 7) is 5.29. The van der Waals surface area contributed by atoms with Gasteiger partial charge >= 0.3 is 0 Å². The second kappa shape index (κ2) is 2.33. The zero-order chi connectivity index (χ0) is 5.15. The molecule has 32 valence electrons. The molecule has 0 saturated carbocycles. The molecule has 4 radical (unpaired) electrons. The summed E-state index contributed by atoms with van der Waals surface area (Å²) >= 11 is 0. The van der Waals surface area contributed by atoms with Gasteiger partial charge in [0.1, 0.15) is 0 Å². The van der Waals surface area contributed by atoms with Crippen LogP contribution in [0.25, 0.3) is 0 Å². The second-order valence-electron chi connectivity index (χ2n) is 1.13. The van der Waals surface area contributed by atoms with Crippen LogP contribution < -0.4 is 0 Å². The van der Waals surface area contributed by atoms with Gasteiger partial charge in [0.25, 0.3) is 0 Å². The van der Waals surface area contributed by atoms with Crippen LogP contribution in [-0.4, -0.2) is 23.1 Å². The lowest BCUT2D eigenvalue weighted by atomic mass is 10.8. The van der Waals surface area contributed by atoms with Crippen molar-refractivity contribution in [2.24, 2.45) is 0 Å². The van der Waals surface area contributed by atoms with Crippen molar-refractivity contribution < 1.29 is 4.80 Å². The molecule has 0 aliphatic carbocycles. The molecule has 1 nitrogen and oxygen atoms in total. The summed E-state index contributed by atoms with van der Waals surface area (Å²) < 4.78 is 0. The summed E-state index contributed by atoms with van der Waals surface area (Å²) in [6, 6.07) is 0. The lowest BCUT2D eigenvalue weighted by molar-refractivity contribution is 0.602. The lowest BCUT2D eigenvalue weighted by Crippen LogP contribution is -2.12. The minimum atomic E-state index is -1.34. The van der Waals surface area contributed by atoms with Crippen LogP contribution in [0.15, 0.2) is 11.8 Å². The summed E-state index contributed by atoms with van der Waals surface area (Å²) in [4.78, 5) is 8.55. The van der Waals surface area contributed by atoms with E-state index in [1.54, 1.807) is 6.92 Å². The Morgan fingerprint density at radius 2 is 2.17 bits per heavy atom. The van der Waals surface area contributed by atoms with Crippen molar-refractivity contribution in [1.29, 1.82) is 0 Å². The van der Waals surface area contributed by atoms with Gasteiger partial charge in [0.05, 0.1) is 9.76 Å². The van der Waals surface area contributed by atoms with Gasteiger partial charge in [-0.3, -0.25) is 0 Å². The Morgan fingerprint density at radius 3 is 2.17 bits per heavy atom. The van der Waals surface area contributed by atoms with Gasteiger partial charge in [-0.15, -0.1) is 6.58 Å². The second-order valence-corrected chi connectivity index (χ2v) is 4.10. The summed E-state index contributed by atoms with van der Waals surface area (Å²) in [5.41, 5.74) is 0. The molecule has 0 aromatic rings. The summed E-state index contributed by atoms with van der Waals surface area (Å²) in [7, 11) is 1.70. The highest BCUT2D eigenvalue weighted by Crippen LogP contribution is 1.83. The van der Waals surface area contributed by atoms with Crippen molar-refractivity contribution in [2.75, 3.05) is 0 Å². The van der Waals surface area contributed by atoms with E-state index in [1.165, 1.54) is 0 Å². The quantitative estimate of drug-likeness (QED) is 0.466. The molecule has 0 atom stereocenters. The number of rotatable bonds is 1. The predicted octanol–water partition coefficient (Wildman–Crippen LogP) is -0.249. The van der Waals surface area contributed by atoms with Gasteiger partial charge in [-0.05, 0) is 6.92 Å². The molecule has 0 bridgehead atoms. The molecule has 0 unspecified atom stereocenters. The first-order valence-electron chi connectivity index (χ1n) is 1.58. The highest BCUT2D eigenvalue weighted by Gasteiger charge is 1.95. The van der Waals surface area contributed by atoms with E-state index in [-0.39, 0.29) is 0 Å². The van der Waals surface area contributed by atoms with Crippen molar-refractivity contribution in [3.63, 3.8) is 0 Å². The lowest BCUT2D eigenvalue weighted by Gasteiger charge is -1.92. The van der Waals surface area contributed by atoms with E-state index in [1.807, 2.05) is 0 Å². The van der Waals surface area contributed by atoms with E-state index in [2.05, 4.69) is 16.3 Å². The average Bonchev–Trinajstić information content (AvgIpc) is 1.36. The topological polar surface area (TPSA) is 20.2 Å². The molecule has 0 aliphatic heterocycles. The Morgan fingerprint density at radius 1 is 2.00 bits per heavy atom. The standard InChI is InChI=1S/C3H6OSi2/c1-3(2)6(4)5/h4H,1H2,2H3. The Kier molecular flexibility index (Phi) is 2.38. The van der Waals surface area contributed by atoms with Gasteiger partial charge < -0.3 is 4.80 Å². The number of hydrogen-bond acceptors (Lipinski definition) is 1. The first-order valence-corrected chi connectivity index (χ1v) is 4.52. The molecule has 0 aliphatic rings. The molecular weight excluding hydrogens is 108 g/mol. The Hall–Kier alpha value is 0.134. The normalized spacial score (nSPS) is 9.33.